The van der Waals surface area contributed by atoms with Gasteiger partial charge in [-0.25, -0.2) is 12.8 Å². The van der Waals surface area contributed by atoms with Crippen LogP contribution >= 0.6 is 0 Å². The Hall–Kier alpha value is -2.71. The van der Waals surface area contributed by atoms with Gasteiger partial charge in [-0.05, 0) is 48.3 Å². The number of hydrogen-bond acceptors (Lipinski definition) is 5. The normalized spacial score (nSPS) is 23.3. The van der Waals surface area contributed by atoms with Gasteiger partial charge in [0.1, 0.15) is 5.82 Å². The van der Waals surface area contributed by atoms with Gasteiger partial charge in [0, 0.05) is 43.0 Å². The quantitative estimate of drug-likeness (QED) is 0.790. The molecule has 8 heteroatoms. The lowest BCUT2D eigenvalue weighted by Gasteiger charge is -2.36. The largest absolute Gasteiger partial charge is 0.373 e. The molecule has 1 aromatic rings. The van der Waals surface area contributed by atoms with E-state index in [0.717, 1.165) is 44.8 Å². The fourth-order valence-corrected chi connectivity index (χ4v) is 5.37. The fourth-order valence-electron chi connectivity index (χ4n) is 4.61. The molecular weight excluding hydrogens is 403 g/mol. The topological polar surface area (TPSA) is 65.0 Å². The van der Waals surface area contributed by atoms with Gasteiger partial charge in [0.05, 0.1) is 23.7 Å². The summed E-state index contributed by atoms with van der Waals surface area (Å²) in [6, 6.07) is 3.17. The molecule has 6 nitrogen and oxygen atoms in total. The van der Waals surface area contributed by atoms with E-state index in [-0.39, 0.29) is 11.9 Å². The van der Waals surface area contributed by atoms with E-state index in [0.29, 0.717) is 19.5 Å². The van der Waals surface area contributed by atoms with Gasteiger partial charge in [-0.1, -0.05) is 12.2 Å². The molecule has 1 atom stereocenters. The number of hydrazone groups is 1. The second-order valence-corrected chi connectivity index (χ2v) is 10.1. The number of halogens is 1. The third-order valence-corrected chi connectivity index (χ3v) is 7.55. The van der Waals surface area contributed by atoms with Crippen molar-refractivity contribution in [2.24, 2.45) is 5.10 Å². The number of sulfonamides is 1. The number of likely N-dealkylation sites (N-methyl/N-ethyl adjacent to an activating group) is 1. The third-order valence-electron chi connectivity index (χ3n) is 6.28. The van der Waals surface area contributed by atoms with Gasteiger partial charge in [0.2, 0.25) is 10.0 Å². The Bertz CT molecular complexity index is 1220. The molecule has 156 valence electrons. The first-order chi connectivity index (χ1) is 14.2. The van der Waals surface area contributed by atoms with Gasteiger partial charge in [-0.2, -0.15) is 9.41 Å². The molecule has 0 radical (unpaired) electrons. The average molecular weight is 427 g/mol. The van der Waals surface area contributed by atoms with E-state index in [4.69, 9.17) is 0 Å². The van der Waals surface area contributed by atoms with Crippen molar-refractivity contribution in [1.29, 1.82) is 0 Å². The monoisotopic (exact) mass is 426 g/mol. The summed E-state index contributed by atoms with van der Waals surface area (Å²) in [5.74, 6) is -0.277. The van der Waals surface area contributed by atoms with Crippen LogP contribution in [0.1, 0.15) is 30.0 Å². The van der Waals surface area contributed by atoms with Crippen LogP contribution in [0.25, 0.3) is 11.6 Å². The molecule has 1 N–H and O–H groups in total. The molecular formula is C22H23FN4O2S. The summed E-state index contributed by atoms with van der Waals surface area (Å²) in [4.78, 5) is 2.12. The van der Waals surface area contributed by atoms with Crippen molar-refractivity contribution >= 4 is 27.4 Å². The summed E-state index contributed by atoms with van der Waals surface area (Å²) in [6.45, 7) is 2.91. The van der Waals surface area contributed by atoms with E-state index in [1.165, 1.54) is 16.6 Å². The maximum atomic E-state index is 14.4. The van der Waals surface area contributed by atoms with Crippen molar-refractivity contribution in [1.82, 2.24) is 14.6 Å². The second-order valence-electron chi connectivity index (χ2n) is 8.13. The molecule has 0 bridgehead atoms. The Morgan fingerprint density at radius 2 is 2.07 bits per heavy atom. The highest BCUT2D eigenvalue weighted by molar-refractivity contribution is 7.88. The number of hydrogen-bond donors (Lipinski definition) is 1. The zero-order valence-electron chi connectivity index (χ0n) is 17.1. The molecule has 0 fully saturated rings. The molecule has 1 unspecified atom stereocenters. The molecule has 1 aliphatic carbocycles. The molecule has 30 heavy (non-hydrogen) atoms. The molecule has 4 aliphatic rings. The maximum absolute atomic E-state index is 14.4. The number of benzene rings is 1. The maximum Gasteiger partial charge on any atom is 0.211 e. The number of rotatable bonds is 2. The van der Waals surface area contributed by atoms with Crippen LogP contribution in [0, 0.1) is 5.82 Å². The second kappa shape index (κ2) is 6.65. The van der Waals surface area contributed by atoms with Gasteiger partial charge in [0.15, 0.2) is 0 Å². The lowest BCUT2D eigenvalue weighted by molar-refractivity contribution is 0.379. The van der Waals surface area contributed by atoms with Crippen molar-refractivity contribution in [2.45, 2.75) is 19.4 Å². The summed E-state index contributed by atoms with van der Waals surface area (Å²) in [7, 11) is -1.21. The summed E-state index contributed by atoms with van der Waals surface area (Å²) in [6.07, 6.45) is 9.67. The molecule has 3 aliphatic heterocycles. The molecule has 5 rings (SSSR count). The summed E-state index contributed by atoms with van der Waals surface area (Å²) >= 11 is 0. The van der Waals surface area contributed by atoms with Gasteiger partial charge in [-0.3, -0.25) is 5.43 Å². The molecule has 0 aromatic heterocycles. The zero-order valence-corrected chi connectivity index (χ0v) is 17.9. The number of nitrogens with zero attached hydrogens (tertiary/aromatic N) is 3. The van der Waals surface area contributed by atoms with Crippen molar-refractivity contribution in [3.05, 3.63) is 69.8 Å². The van der Waals surface area contributed by atoms with Crippen LogP contribution in [0.5, 0.6) is 0 Å². The summed E-state index contributed by atoms with van der Waals surface area (Å²) in [5, 5.41) is 4.61. The van der Waals surface area contributed by atoms with Crippen LogP contribution in [-0.4, -0.2) is 55.8 Å². The summed E-state index contributed by atoms with van der Waals surface area (Å²) < 4.78 is 39.7. The van der Waals surface area contributed by atoms with E-state index < -0.39 is 10.0 Å². The van der Waals surface area contributed by atoms with Gasteiger partial charge in [-0.15, -0.1) is 0 Å². The first-order valence-electron chi connectivity index (χ1n) is 9.93. The van der Waals surface area contributed by atoms with E-state index in [9.17, 15) is 12.8 Å². The molecule has 0 spiro atoms. The highest BCUT2D eigenvalue weighted by Crippen LogP contribution is 2.41. The van der Waals surface area contributed by atoms with Crippen LogP contribution in [0.2, 0.25) is 0 Å². The van der Waals surface area contributed by atoms with Gasteiger partial charge < -0.3 is 4.90 Å². The number of allylic oxidation sites excluding steroid dienone is 2. The van der Waals surface area contributed by atoms with Crippen LogP contribution in [0.4, 0.5) is 4.39 Å². The van der Waals surface area contributed by atoms with E-state index in [1.807, 2.05) is 31.5 Å². The highest BCUT2D eigenvalue weighted by Gasteiger charge is 2.34. The van der Waals surface area contributed by atoms with Crippen molar-refractivity contribution in [2.75, 3.05) is 26.4 Å². The SMILES string of the molecule is CC1C(C2=CCN(S(C)(=O)=O)CC2)=C2NN=C3C=Cc4cc(F)cc(c43)C2=CN1C. The van der Waals surface area contributed by atoms with Crippen molar-refractivity contribution in [3.63, 3.8) is 0 Å². The average Bonchev–Trinajstić information content (AvgIpc) is 3.03. The van der Waals surface area contributed by atoms with Crippen molar-refractivity contribution in [3.8, 4) is 0 Å². The fraction of sp³-hybridized carbons (Fsp3) is 0.318. The Morgan fingerprint density at radius 3 is 2.77 bits per heavy atom. The highest BCUT2D eigenvalue weighted by atomic mass is 32.2. The predicted molar refractivity (Wildman–Crippen MR) is 116 cm³/mol. The molecule has 3 heterocycles. The number of nitrogens with one attached hydrogen (secondary N) is 1. The Kier molecular flexibility index (Phi) is 4.27. The smallest absolute Gasteiger partial charge is 0.211 e. The predicted octanol–water partition coefficient (Wildman–Crippen LogP) is 2.68. The minimum Gasteiger partial charge on any atom is -0.373 e. The Morgan fingerprint density at radius 1 is 1.27 bits per heavy atom. The first kappa shape index (κ1) is 19.3. The Labute approximate surface area is 175 Å². The number of fused-ring (bicyclic) bond motifs is 2. The van der Waals surface area contributed by atoms with Crippen molar-refractivity contribution < 1.29 is 12.8 Å². The summed E-state index contributed by atoms with van der Waals surface area (Å²) in [5.41, 5.74) is 10.6. The minimum absolute atomic E-state index is 0.0685. The Balaban J connectivity index is 1.67. The first-order valence-corrected chi connectivity index (χ1v) is 11.8. The lowest BCUT2D eigenvalue weighted by atomic mass is 9.84. The lowest BCUT2D eigenvalue weighted by Crippen LogP contribution is -2.38. The van der Waals surface area contributed by atoms with Crippen LogP contribution in [-0.2, 0) is 10.0 Å². The molecule has 1 aromatic carbocycles. The van der Waals surface area contributed by atoms with E-state index in [1.54, 1.807) is 6.07 Å². The van der Waals surface area contributed by atoms with Gasteiger partial charge in [0.25, 0.3) is 0 Å². The van der Waals surface area contributed by atoms with Crippen LogP contribution in [0.15, 0.2) is 52.4 Å². The zero-order chi connectivity index (χ0) is 21.2. The van der Waals surface area contributed by atoms with Crippen LogP contribution < -0.4 is 5.43 Å². The molecule has 0 saturated carbocycles. The third kappa shape index (κ3) is 2.94. The molecule has 0 amide bonds. The van der Waals surface area contributed by atoms with E-state index in [2.05, 4.69) is 22.4 Å². The van der Waals surface area contributed by atoms with Crippen LogP contribution in [0.3, 0.4) is 0 Å². The minimum atomic E-state index is -3.22. The van der Waals surface area contributed by atoms with E-state index >= 15 is 0 Å². The standard InChI is InChI=1S/C22H23FN4O2S/c1-13-20(14-6-8-27(9-7-14)30(3,28)29)22-18(12-26(13)2)17-11-16(23)10-15-4-5-19(21(15)17)24-25-22/h4-6,10-13,25H,7-9H2,1-3H3. The van der Waals surface area contributed by atoms with Gasteiger partial charge >= 0.3 is 0 Å². The molecule has 0 saturated heterocycles.